The van der Waals surface area contributed by atoms with Gasteiger partial charge in [-0.1, -0.05) is 30.3 Å². The Kier molecular flexibility index (Phi) is 8.24. The fraction of sp³-hybridized carbons (Fsp3) is 0.342. The molecule has 3 aromatic carbocycles. The third kappa shape index (κ3) is 6.54. The molecule has 1 atom stereocenters. The van der Waals surface area contributed by atoms with Gasteiger partial charge in [-0.3, -0.25) is 14.4 Å². The minimum Gasteiger partial charge on any atom is -0.361 e. The summed E-state index contributed by atoms with van der Waals surface area (Å²) in [7, 11) is 0. The fourth-order valence-electron chi connectivity index (χ4n) is 9.44. The Bertz CT molecular complexity index is 2200. The second kappa shape index (κ2) is 13.4. The highest BCUT2D eigenvalue weighted by Crippen LogP contribution is 2.59. The van der Waals surface area contributed by atoms with E-state index >= 15 is 0 Å². The summed E-state index contributed by atoms with van der Waals surface area (Å²) in [6.07, 6.45) is 9.30. The van der Waals surface area contributed by atoms with Gasteiger partial charge in [0.05, 0.1) is 17.0 Å². The van der Waals surface area contributed by atoms with Crippen molar-refractivity contribution in [2.75, 3.05) is 18.4 Å². The van der Waals surface area contributed by atoms with Gasteiger partial charge in [-0.25, -0.2) is 0 Å². The highest BCUT2D eigenvalue weighted by Gasteiger charge is 2.50. The lowest BCUT2D eigenvalue weighted by molar-refractivity contribution is -0.117. The van der Waals surface area contributed by atoms with Gasteiger partial charge in [0.25, 0.3) is 11.8 Å². The van der Waals surface area contributed by atoms with E-state index in [9.17, 15) is 14.4 Å². The summed E-state index contributed by atoms with van der Waals surface area (Å²) in [6.45, 7) is 0.591. The van der Waals surface area contributed by atoms with Crippen molar-refractivity contribution >= 4 is 34.3 Å². The third-order valence-corrected chi connectivity index (χ3v) is 11.4. The predicted molar refractivity (Wildman–Crippen MR) is 194 cm³/mol. The van der Waals surface area contributed by atoms with Crippen molar-refractivity contribution in [2.45, 2.75) is 44.4 Å². The molecule has 3 aromatic heterocycles. The number of hydrogen-bond acceptors (Lipinski definition) is 9. The van der Waals surface area contributed by atoms with Crippen LogP contribution in [0.2, 0.25) is 0 Å². The molecule has 3 heterocycles. The second-order valence-electron chi connectivity index (χ2n) is 15.0. The van der Waals surface area contributed by atoms with E-state index < -0.39 is 11.8 Å². The molecule has 4 fully saturated rings. The molecule has 6 N–H and O–H groups in total. The van der Waals surface area contributed by atoms with Crippen molar-refractivity contribution in [3.05, 3.63) is 89.6 Å². The molecule has 1 unspecified atom stereocenters. The Morgan fingerprint density at radius 1 is 0.755 bits per heavy atom. The zero-order chi connectivity index (χ0) is 35.9. The van der Waals surface area contributed by atoms with Crippen LogP contribution in [0.4, 0.5) is 5.69 Å². The van der Waals surface area contributed by atoms with E-state index in [4.69, 9.17) is 0 Å². The van der Waals surface area contributed by atoms with E-state index in [2.05, 4.69) is 62.2 Å². The van der Waals surface area contributed by atoms with Crippen molar-refractivity contribution in [2.24, 2.45) is 23.2 Å². The number of nitrogens with one attached hydrogen (secondary N) is 6. The Labute approximate surface area is 303 Å². The lowest BCUT2D eigenvalue weighted by atomic mass is 9.49. The van der Waals surface area contributed by atoms with Gasteiger partial charge in [-0.05, 0) is 114 Å². The molecule has 15 heteroatoms. The summed E-state index contributed by atoms with van der Waals surface area (Å²) in [5.41, 5.74) is 3.71. The number of nitrogens with zero attached hydrogens (tertiary/aromatic N) is 6. The number of amides is 3. The number of anilines is 1. The highest BCUT2D eigenvalue weighted by atomic mass is 16.2. The number of tetrazole rings is 2. The molecule has 10 rings (SSSR count). The zero-order valence-corrected chi connectivity index (χ0v) is 28.8. The Morgan fingerprint density at radius 3 is 2.00 bits per heavy atom. The summed E-state index contributed by atoms with van der Waals surface area (Å²) in [6, 6.07) is 19.8. The smallest absolute Gasteiger partial charge is 0.252 e. The molecule has 4 aliphatic carbocycles. The van der Waals surface area contributed by atoms with Crippen LogP contribution >= 0.6 is 0 Å². The zero-order valence-electron chi connectivity index (χ0n) is 28.8. The number of hydrogen-bond donors (Lipinski definition) is 6. The Hall–Kier alpha value is -6.25. The van der Waals surface area contributed by atoms with Crippen LogP contribution in [-0.2, 0) is 4.79 Å². The van der Waals surface area contributed by atoms with Crippen LogP contribution in [0.15, 0.2) is 72.9 Å². The number of benzene rings is 3. The number of H-pyrrole nitrogens is 3. The number of carbonyl (C=O) groups excluding carboxylic acids is 3. The third-order valence-electron chi connectivity index (χ3n) is 11.4. The van der Waals surface area contributed by atoms with Crippen LogP contribution in [0.1, 0.15) is 70.7 Å². The monoisotopic (exact) mass is 710 g/mol. The average molecular weight is 711 g/mol. The first kappa shape index (κ1) is 32.6. The molecule has 4 aliphatic rings. The maximum atomic E-state index is 14.1. The number of carbonyl (C=O) groups is 3. The summed E-state index contributed by atoms with van der Waals surface area (Å²) in [5, 5.41) is 38.6. The topological polar surface area (TPSA) is 212 Å². The van der Waals surface area contributed by atoms with E-state index in [1.54, 1.807) is 36.5 Å². The fourth-order valence-corrected chi connectivity index (χ4v) is 9.44. The summed E-state index contributed by atoms with van der Waals surface area (Å²) >= 11 is 0. The lowest BCUT2D eigenvalue weighted by Gasteiger charge is -2.56. The minimum atomic E-state index is -0.787. The molecule has 6 aromatic rings. The van der Waals surface area contributed by atoms with Crippen molar-refractivity contribution in [1.29, 1.82) is 0 Å². The molecule has 4 bridgehead atoms. The van der Waals surface area contributed by atoms with E-state index in [0.29, 0.717) is 46.1 Å². The molecule has 268 valence electrons. The van der Waals surface area contributed by atoms with Gasteiger partial charge in [-0.15, -0.1) is 20.4 Å². The van der Waals surface area contributed by atoms with Gasteiger partial charge in [0, 0.05) is 47.0 Å². The molecular weight excluding hydrogens is 672 g/mol. The standard InChI is InChI=1S/C38H38N12O3/c51-35(30-15-32-25(6-7-39-32)14-29(30)36(52)41-20-38-16-21-8-22(17-38)10-23(9-21)18-38)40-19-31(24-4-2-1-3-5-24)37(53)42-28-12-26(33-43-47-48-44-33)11-27(13-28)34-45-49-50-46-34/h1-7,11-15,21-23,31,39H,8-10,16-20H2,(H,40,51)(H,41,52)(H,42,53)(H,43,44,47,48)(H,45,46,49,50). The molecular formula is C38H38N12O3. The number of fused-ring (bicyclic) bond motifs is 1. The quantitative estimate of drug-likeness (QED) is 0.111. The van der Waals surface area contributed by atoms with Crippen LogP contribution in [0.3, 0.4) is 0 Å². The molecule has 3 amide bonds. The van der Waals surface area contributed by atoms with Crippen molar-refractivity contribution in [1.82, 2.24) is 56.9 Å². The summed E-state index contributed by atoms with van der Waals surface area (Å²) in [5.74, 6) is 1.08. The summed E-state index contributed by atoms with van der Waals surface area (Å²) in [4.78, 5) is 45.2. The maximum absolute atomic E-state index is 14.1. The first-order valence-corrected chi connectivity index (χ1v) is 18.0. The number of aromatic nitrogens is 9. The van der Waals surface area contributed by atoms with Crippen LogP contribution in [-0.4, -0.2) is 77.0 Å². The van der Waals surface area contributed by atoms with Gasteiger partial charge in [-0.2, -0.15) is 10.4 Å². The van der Waals surface area contributed by atoms with Gasteiger partial charge in [0.15, 0.2) is 0 Å². The Balaban J connectivity index is 0.955. The van der Waals surface area contributed by atoms with E-state index in [1.807, 2.05) is 36.4 Å². The lowest BCUT2D eigenvalue weighted by Crippen LogP contribution is -2.51. The van der Waals surface area contributed by atoms with Gasteiger partial charge >= 0.3 is 0 Å². The largest absolute Gasteiger partial charge is 0.361 e. The number of rotatable bonds is 11. The normalized spacial score (nSPS) is 22.1. The minimum absolute atomic E-state index is 0.0337. The molecule has 53 heavy (non-hydrogen) atoms. The maximum Gasteiger partial charge on any atom is 0.252 e. The molecule has 0 aliphatic heterocycles. The first-order chi connectivity index (χ1) is 25.9. The highest BCUT2D eigenvalue weighted by molar-refractivity contribution is 6.10. The van der Waals surface area contributed by atoms with Crippen molar-refractivity contribution in [3.8, 4) is 22.8 Å². The summed E-state index contributed by atoms with van der Waals surface area (Å²) < 4.78 is 0. The Morgan fingerprint density at radius 2 is 1.38 bits per heavy atom. The first-order valence-electron chi connectivity index (χ1n) is 18.0. The van der Waals surface area contributed by atoms with Crippen LogP contribution in [0.25, 0.3) is 33.7 Å². The molecule has 0 radical (unpaired) electrons. The average Bonchev–Trinajstić information content (AvgIpc) is 3.97. The van der Waals surface area contributed by atoms with Gasteiger partial charge < -0.3 is 20.9 Å². The van der Waals surface area contributed by atoms with E-state index in [0.717, 1.165) is 28.7 Å². The van der Waals surface area contributed by atoms with E-state index in [1.165, 1.54) is 38.5 Å². The van der Waals surface area contributed by atoms with Gasteiger partial charge in [0.2, 0.25) is 17.6 Å². The second-order valence-corrected chi connectivity index (χ2v) is 15.0. The van der Waals surface area contributed by atoms with Crippen molar-refractivity contribution < 1.29 is 14.4 Å². The van der Waals surface area contributed by atoms with E-state index in [-0.39, 0.29) is 29.3 Å². The molecule has 15 nitrogen and oxygen atoms in total. The molecule has 4 saturated carbocycles. The SMILES string of the molecule is O=C(NCC(C(=O)Nc1cc(-c2nn[nH]n2)cc(-c2nn[nH]n2)c1)c1ccccc1)c1cc2[nH]ccc2cc1C(=O)NCC12CC3CC(CC(C3)C1)C2. The van der Waals surface area contributed by atoms with Crippen LogP contribution < -0.4 is 16.0 Å². The van der Waals surface area contributed by atoms with Crippen LogP contribution in [0, 0.1) is 23.2 Å². The predicted octanol–water partition coefficient (Wildman–Crippen LogP) is 4.63. The molecule has 0 spiro atoms. The van der Waals surface area contributed by atoms with Crippen LogP contribution in [0.5, 0.6) is 0 Å². The molecule has 0 saturated heterocycles. The van der Waals surface area contributed by atoms with Crippen molar-refractivity contribution in [3.63, 3.8) is 0 Å². The number of aromatic amines is 3. The van der Waals surface area contributed by atoms with Gasteiger partial charge in [0.1, 0.15) is 0 Å².